The maximum Gasteiger partial charge on any atom is 0.472 e. The Morgan fingerprint density at radius 3 is 1.66 bits per heavy atom. The zero-order chi connectivity index (χ0) is 38.9. The molecule has 2 atom stereocenters. The van der Waals surface area contributed by atoms with E-state index in [4.69, 9.17) is 13.8 Å². The zero-order valence-electron chi connectivity index (χ0n) is 32.9. The molecule has 10 heteroatoms. The number of carbonyl (C=O) groups is 2. The van der Waals surface area contributed by atoms with E-state index in [0.29, 0.717) is 12.8 Å². The number of phosphoric acid groups is 1. The van der Waals surface area contributed by atoms with Gasteiger partial charge in [0.25, 0.3) is 0 Å². The van der Waals surface area contributed by atoms with E-state index in [2.05, 4.69) is 92.1 Å². The first-order chi connectivity index (χ1) is 25.8. The molecule has 0 saturated heterocycles. The van der Waals surface area contributed by atoms with Crippen LogP contribution in [0.3, 0.4) is 0 Å². The number of hydrogen-bond donors (Lipinski definition) is 3. The number of aliphatic hydroxyl groups is 1. The summed E-state index contributed by atoms with van der Waals surface area (Å²) in [6.45, 7) is 3.30. The highest BCUT2D eigenvalue weighted by Crippen LogP contribution is 2.42. The predicted molar refractivity (Wildman–Crippen MR) is 219 cm³/mol. The third kappa shape index (κ3) is 40.2. The Kier molecular flexibility index (Phi) is 36.8. The van der Waals surface area contributed by atoms with Crippen LogP contribution in [-0.4, -0.2) is 54.3 Å². The lowest BCUT2D eigenvalue weighted by Gasteiger charge is -2.15. The second-order valence-electron chi connectivity index (χ2n) is 12.9. The van der Waals surface area contributed by atoms with Gasteiger partial charge in [0.15, 0.2) is 0 Å². The molecule has 9 nitrogen and oxygen atoms in total. The number of allylic oxidation sites excluding steroid dienone is 14. The minimum Gasteiger partial charge on any atom is -0.463 e. The Labute approximate surface area is 322 Å². The highest BCUT2D eigenvalue weighted by atomic mass is 31.2. The number of aliphatic hydroxyl groups excluding tert-OH is 1. The lowest BCUT2D eigenvalue weighted by atomic mass is 10.1. The second-order valence-corrected chi connectivity index (χ2v) is 14.3. The van der Waals surface area contributed by atoms with Crippen molar-refractivity contribution in [1.29, 1.82) is 0 Å². The van der Waals surface area contributed by atoms with Gasteiger partial charge in [-0.05, 0) is 77.0 Å². The van der Waals surface area contributed by atoms with E-state index in [1.807, 2.05) is 12.2 Å². The average molecular weight is 762 g/mol. The van der Waals surface area contributed by atoms with Gasteiger partial charge < -0.3 is 20.1 Å². The van der Waals surface area contributed by atoms with Gasteiger partial charge in [-0.2, -0.15) is 0 Å². The molecular formula is C43H72NO8P. The first-order valence-corrected chi connectivity index (χ1v) is 21.6. The number of amides is 1. The van der Waals surface area contributed by atoms with Crippen molar-refractivity contribution >= 4 is 19.7 Å². The lowest BCUT2D eigenvalue weighted by Crippen LogP contribution is -2.27. The fourth-order valence-electron chi connectivity index (χ4n) is 4.81. The zero-order valence-corrected chi connectivity index (χ0v) is 33.8. The standard InChI is InChI=1S/C43H72NO8P/c1-3-5-7-9-11-13-15-17-18-19-20-21-22-24-26-28-30-32-34-36-43(47)50-39-41(45)40-52-53(48,49)51-38-37-44-42(46)35-33-31-29-27-25-23-16-14-12-10-8-6-4-2/h5,7,11,13-14,16-18,20-21,24,26,30,32,41,45H,3-4,6,8-10,12,15,19,22-23,25,27-29,31,33-40H2,1-2H3,(H,44,46)(H,48,49)/b7-5-,13-11-,16-14-,18-17-,21-20-,26-24-,32-30-. The molecule has 0 rings (SSSR count). The number of nitrogens with one attached hydrogen (secondary N) is 1. The number of esters is 1. The molecule has 53 heavy (non-hydrogen) atoms. The maximum absolute atomic E-state index is 12.1. The van der Waals surface area contributed by atoms with Crippen molar-refractivity contribution in [2.45, 2.75) is 148 Å². The minimum absolute atomic E-state index is 0.0639. The average Bonchev–Trinajstić information content (AvgIpc) is 3.14. The topological polar surface area (TPSA) is 131 Å². The number of carbonyl (C=O) groups excluding carboxylic acids is 2. The molecular weight excluding hydrogens is 689 g/mol. The maximum atomic E-state index is 12.1. The molecule has 0 aromatic carbocycles. The van der Waals surface area contributed by atoms with Crippen molar-refractivity contribution < 1.29 is 37.9 Å². The van der Waals surface area contributed by atoms with Gasteiger partial charge >= 0.3 is 13.8 Å². The largest absolute Gasteiger partial charge is 0.472 e. The van der Waals surface area contributed by atoms with E-state index in [1.54, 1.807) is 0 Å². The predicted octanol–water partition coefficient (Wildman–Crippen LogP) is 10.9. The van der Waals surface area contributed by atoms with E-state index >= 15 is 0 Å². The van der Waals surface area contributed by atoms with Gasteiger partial charge in [0.1, 0.15) is 12.7 Å². The van der Waals surface area contributed by atoms with Crippen molar-refractivity contribution in [3.63, 3.8) is 0 Å². The Morgan fingerprint density at radius 2 is 1.09 bits per heavy atom. The summed E-state index contributed by atoms with van der Waals surface area (Å²) in [6.07, 6.45) is 48.1. The smallest absolute Gasteiger partial charge is 0.463 e. The van der Waals surface area contributed by atoms with Crippen LogP contribution in [0.5, 0.6) is 0 Å². The number of ether oxygens (including phenoxy) is 1. The number of rotatable bonds is 36. The van der Waals surface area contributed by atoms with E-state index < -0.39 is 26.5 Å². The lowest BCUT2D eigenvalue weighted by molar-refractivity contribution is -0.147. The van der Waals surface area contributed by atoms with Gasteiger partial charge in [-0.15, -0.1) is 0 Å². The van der Waals surface area contributed by atoms with Gasteiger partial charge in [0.05, 0.1) is 13.2 Å². The van der Waals surface area contributed by atoms with Crippen LogP contribution in [0.15, 0.2) is 85.1 Å². The first-order valence-electron chi connectivity index (χ1n) is 20.1. The van der Waals surface area contributed by atoms with Crippen molar-refractivity contribution in [3.05, 3.63) is 85.1 Å². The highest BCUT2D eigenvalue weighted by molar-refractivity contribution is 7.47. The molecule has 0 fully saturated rings. The molecule has 0 aliphatic heterocycles. The molecule has 3 N–H and O–H groups in total. The molecule has 1 amide bonds. The first kappa shape index (κ1) is 50.2. The Bertz CT molecular complexity index is 1140. The molecule has 0 bridgehead atoms. The molecule has 0 radical (unpaired) electrons. The molecule has 302 valence electrons. The molecule has 2 unspecified atom stereocenters. The molecule has 0 aromatic rings. The number of phosphoric ester groups is 1. The van der Waals surface area contributed by atoms with Crippen LogP contribution in [0.25, 0.3) is 0 Å². The third-order valence-corrected chi connectivity index (χ3v) is 8.81. The van der Waals surface area contributed by atoms with Gasteiger partial charge in [-0.1, -0.05) is 137 Å². The summed E-state index contributed by atoms with van der Waals surface area (Å²) in [7, 11) is -4.44. The Hall–Kier alpha value is -2.81. The number of hydrogen-bond acceptors (Lipinski definition) is 7. The van der Waals surface area contributed by atoms with Crippen LogP contribution >= 0.6 is 7.82 Å². The van der Waals surface area contributed by atoms with Gasteiger partial charge in [-0.3, -0.25) is 18.6 Å². The van der Waals surface area contributed by atoms with Crippen molar-refractivity contribution in [1.82, 2.24) is 5.32 Å². The van der Waals surface area contributed by atoms with Crippen LogP contribution in [0, 0.1) is 0 Å². The fraction of sp³-hybridized carbons (Fsp3) is 0.628. The summed E-state index contributed by atoms with van der Waals surface area (Å²) >= 11 is 0. The third-order valence-electron chi connectivity index (χ3n) is 7.82. The van der Waals surface area contributed by atoms with Gasteiger partial charge in [0.2, 0.25) is 5.91 Å². The van der Waals surface area contributed by atoms with Crippen molar-refractivity contribution in [3.8, 4) is 0 Å². The van der Waals surface area contributed by atoms with E-state index in [0.717, 1.165) is 70.6 Å². The normalized spacial score (nSPS) is 14.3. The molecule has 0 aliphatic carbocycles. The summed E-state index contributed by atoms with van der Waals surface area (Å²) in [4.78, 5) is 33.8. The van der Waals surface area contributed by atoms with Crippen LogP contribution in [0.1, 0.15) is 142 Å². The number of unbranched alkanes of at least 4 members (excludes halogenated alkanes) is 9. The summed E-state index contributed by atoms with van der Waals surface area (Å²) in [6, 6.07) is 0. The molecule has 0 saturated carbocycles. The van der Waals surface area contributed by atoms with Crippen molar-refractivity contribution in [2.75, 3.05) is 26.4 Å². The van der Waals surface area contributed by atoms with Gasteiger partial charge in [-0.25, -0.2) is 4.57 Å². The molecule has 0 spiro atoms. The van der Waals surface area contributed by atoms with Crippen LogP contribution < -0.4 is 5.32 Å². The van der Waals surface area contributed by atoms with E-state index in [1.165, 1.54) is 38.5 Å². The Morgan fingerprint density at radius 1 is 0.604 bits per heavy atom. The Balaban J connectivity index is 3.77. The summed E-state index contributed by atoms with van der Waals surface area (Å²) < 4.78 is 26.7. The van der Waals surface area contributed by atoms with E-state index in [9.17, 15) is 24.2 Å². The monoisotopic (exact) mass is 761 g/mol. The molecule has 0 heterocycles. The summed E-state index contributed by atoms with van der Waals surface area (Å²) in [5, 5.41) is 12.6. The minimum atomic E-state index is -4.44. The van der Waals surface area contributed by atoms with Crippen molar-refractivity contribution in [2.24, 2.45) is 0 Å². The fourth-order valence-corrected chi connectivity index (χ4v) is 5.57. The van der Waals surface area contributed by atoms with Crippen LogP contribution in [0.4, 0.5) is 0 Å². The molecule has 0 aromatic heterocycles. The SMILES string of the molecule is CC/C=C\C/C=C\C/C=C\C/C=C\C/C=C\C/C=C\CCC(=O)OCC(O)COP(=O)(O)OCCNC(=O)CCCCCCC/C=C\CCCCCC. The van der Waals surface area contributed by atoms with Crippen LogP contribution in [0.2, 0.25) is 0 Å². The van der Waals surface area contributed by atoms with E-state index in [-0.39, 0.29) is 32.1 Å². The highest BCUT2D eigenvalue weighted by Gasteiger charge is 2.23. The van der Waals surface area contributed by atoms with Gasteiger partial charge in [0, 0.05) is 19.4 Å². The quantitative estimate of drug-likeness (QED) is 0.0249. The second kappa shape index (κ2) is 38.9. The van der Waals surface area contributed by atoms with Crippen LogP contribution in [-0.2, 0) is 27.9 Å². The summed E-state index contributed by atoms with van der Waals surface area (Å²) in [5.74, 6) is -0.620. The summed E-state index contributed by atoms with van der Waals surface area (Å²) in [5.41, 5.74) is 0. The molecule has 0 aliphatic rings.